The molecule has 0 bridgehead atoms. The van der Waals surface area contributed by atoms with Gasteiger partial charge in [-0.15, -0.1) is 0 Å². The van der Waals surface area contributed by atoms with E-state index < -0.39 is 0 Å². The highest BCUT2D eigenvalue weighted by Gasteiger charge is 2.08. The van der Waals surface area contributed by atoms with E-state index in [1.807, 2.05) is 0 Å². The molecule has 0 spiro atoms. The third-order valence-electron chi connectivity index (χ3n) is 3.12. The second-order valence-corrected chi connectivity index (χ2v) is 4.90. The summed E-state index contributed by atoms with van der Waals surface area (Å²) in [6.07, 6.45) is 6.80. The van der Waals surface area contributed by atoms with Gasteiger partial charge in [-0.3, -0.25) is 4.79 Å². The molecule has 1 amide bonds. The smallest absolute Gasteiger partial charge is 0.251 e. The zero-order valence-corrected chi connectivity index (χ0v) is 11.0. The number of benzene rings is 1. The van der Waals surface area contributed by atoms with Crippen LogP contribution in [-0.4, -0.2) is 12.5 Å². The number of amides is 1. The molecule has 0 saturated heterocycles. The highest BCUT2D eigenvalue weighted by molar-refractivity contribution is 6.33. The highest BCUT2D eigenvalue weighted by Crippen LogP contribution is 2.21. The first kappa shape index (κ1) is 13.0. The zero-order chi connectivity index (χ0) is 13.0. The summed E-state index contributed by atoms with van der Waals surface area (Å²) in [5.41, 5.74) is 8.10. The van der Waals surface area contributed by atoms with Crippen LogP contribution in [0, 0.1) is 0 Å². The van der Waals surface area contributed by atoms with Gasteiger partial charge in [0.2, 0.25) is 0 Å². The average molecular weight is 265 g/mol. The van der Waals surface area contributed by atoms with Gasteiger partial charge in [-0.1, -0.05) is 23.3 Å². The molecule has 96 valence electrons. The van der Waals surface area contributed by atoms with Crippen molar-refractivity contribution in [3.8, 4) is 0 Å². The summed E-state index contributed by atoms with van der Waals surface area (Å²) in [5, 5.41) is 3.37. The number of nitrogens with two attached hydrogens (primary N) is 1. The molecule has 1 aliphatic rings. The Hall–Kier alpha value is -1.48. The molecule has 1 aliphatic carbocycles. The molecule has 18 heavy (non-hydrogen) atoms. The molecule has 1 aromatic carbocycles. The average Bonchev–Trinajstić information content (AvgIpc) is 2.85. The number of nitrogens with one attached hydrogen (secondary N) is 1. The lowest BCUT2D eigenvalue weighted by atomic mass is 10.1. The number of anilines is 1. The quantitative estimate of drug-likeness (QED) is 0.648. The molecule has 3 nitrogen and oxygen atoms in total. The van der Waals surface area contributed by atoms with Crippen LogP contribution < -0.4 is 11.1 Å². The van der Waals surface area contributed by atoms with Gasteiger partial charge >= 0.3 is 0 Å². The molecule has 2 rings (SSSR count). The fraction of sp³-hybridized carbons (Fsp3) is 0.357. The molecule has 0 radical (unpaired) electrons. The van der Waals surface area contributed by atoms with Crippen LogP contribution in [-0.2, 0) is 0 Å². The van der Waals surface area contributed by atoms with Crippen molar-refractivity contribution < 1.29 is 4.79 Å². The first-order chi connectivity index (χ1) is 8.66. The predicted molar refractivity (Wildman–Crippen MR) is 74.7 cm³/mol. The Morgan fingerprint density at radius 3 is 2.94 bits per heavy atom. The number of nitrogen functional groups attached to an aromatic ring is 1. The summed E-state index contributed by atoms with van der Waals surface area (Å²) < 4.78 is 0. The second-order valence-electron chi connectivity index (χ2n) is 4.50. The Kier molecular flexibility index (Phi) is 4.26. The standard InChI is InChI=1S/C14H17ClN2O/c15-12-6-5-11(9-13(12)16)14(18)17-8-7-10-3-1-2-4-10/h3,5-6,9H,1-2,4,7-8,16H2,(H,17,18). The van der Waals surface area contributed by atoms with E-state index in [0.717, 1.165) is 6.42 Å². The van der Waals surface area contributed by atoms with Gasteiger partial charge < -0.3 is 11.1 Å². The van der Waals surface area contributed by atoms with E-state index in [4.69, 9.17) is 17.3 Å². The number of carbonyl (C=O) groups is 1. The minimum Gasteiger partial charge on any atom is -0.398 e. The summed E-state index contributed by atoms with van der Waals surface area (Å²) in [6, 6.07) is 4.93. The van der Waals surface area contributed by atoms with E-state index >= 15 is 0 Å². The van der Waals surface area contributed by atoms with Gasteiger partial charge in [-0.05, 0) is 43.9 Å². The van der Waals surface area contributed by atoms with Crippen molar-refractivity contribution in [2.45, 2.75) is 25.7 Å². The lowest BCUT2D eigenvalue weighted by Crippen LogP contribution is -2.24. The third kappa shape index (κ3) is 3.26. The minimum atomic E-state index is -0.100. The zero-order valence-electron chi connectivity index (χ0n) is 10.2. The lowest BCUT2D eigenvalue weighted by molar-refractivity contribution is 0.0954. The monoisotopic (exact) mass is 264 g/mol. The van der Waals surface area contributed by atoms with E-state index in [1.54, 1.807) is 18.2 Å². The van der Waals surface area contributed by atoms with E-state index in [2.05, 4.69) is 11.4 Å². The van der Waals surface area contributed by atoms with E-state index in [1.165, 1.54) is 24.8 Å². The fourth-order valence-corrected chi connectivity index (χ4v) is 2.21. The topological polar surface area (TPSA) is 55.1 Å². The van der Waals surface area contributed by atoms with Crippen LogP contribution in [0.15, 0.2) is 29.8 Å². The second kappa shape index (κ2) is 5.91. The summed E-state index contributed by atoms with van der Waals surface area (Å²) in [4.78, 5) is 11.9. The first-order valence-corrected chi connectivity index (χ1v) is 6.56. The summed E-state index contributed by atoms with van der Waals surface area (Å²) >= 11 is 5.81. The Morgan fingerprint density at radius 1 is 1.44 bits per heavy atom. The van der Waals surface area contributed by atoms with Crippen molar-refractivity contribution in [2.24, 2.45) is 0 Å². The van der Waals surface area contributed by atoms with Crippen LogP contribution >= 0.6 is 11.6 Å². The fourth-order valence-electron chi connectivity index (χ4n) is 2.09. The molecule has 0 heterocycles. The number of hydrogen-bond donors (Lipinski definition) is 2. The first-order valence-electron chi connectivity index (χ1n) is 6.18. The van der Waals surface area contributed by atoms with Gasteiger partial charge in [0.25, 0.3) is 5.91 Å². The largest absolute Gasteiger partial charge is 0.398 e. The van der Waals surface area contributed by atoms with Gasteiger partial charge in [0.1, 0.15) is 0 Å². The van der Waals surface area contributed by atoms with Crippen molar-refractivity contribution in [1.82, 2.24) is 5.32 Å². The lowest BCUT2D eigenvalue weighted by Gasteiger charge is -2.07. The van der Waals surface area contributed by atoms with Crippen molar-refractivity contribution in [2.75, 3.05) is 12.3 Å². The van der Waals surface area contributed by atoms with Crippen LogP contribution in [0.2, 0.25) is 5.02 Å². The summed E-state index contributed by atoms with van der Waals surface area (Å²) in [6.45, 7) is 0.674. The van der Waals surface area contributed by atoms with Crippen molar-refractivity contribution in [3.63, 3.8) is 0 Å². The Balaban J connectivity index is 1.85. The number of hydrogen-bond acceptors (Lipinski definition) is 2. The van der Waals surface area contributed by atoms with Gasteiger partial charge in [0.15, 0.2) is 0 Å². The number of allylic oxidation sites excluding steroid dienone is 1. The molecule has 0 unspecified atom stereocenters. The van der Waals surface area contributed by atoms with Crippen LogP contribution in [0.5, 0.6) is 0 Å². The van der Waals surface area contributed by atoms with E-state index in [9.17, 15) is 4.79 Å². The molecule has 0 saturated carbocycles. The normalized spacial score (nSPS) is 14.4. The van der Waals surface area contributed by atoms with Gasteiger partial charge in [-0.25, -0.2) is 0 Å². The van der Waals surface area contributed by atoms with E-state index in [0.29, 0.717) is 22.8 Å². The molecular formula is C14H17ClN2O. The number of rotatable bonds is 4. The number of carbonyl (C=O) groups excluding carboxylic acids is 1. The third-order valence-corrected chi connectivity index (χ3v) is 3.47. The number of halogens is 1. The Bertz CT molecular complexity index is 483. The minimum absolute atomic E-state index is 0.100. The van der Waals surface area contributed by atoms with Crippen LogP contribution in [0.4, 0.5) is 5.69 Å². The van der Waals surface area contributed by atoms with E-state index in [-0.39, 0.29) is 5.91 Å². The molecule has 1 aromatic rings. The Morgan fingerprint density at radius 2 is 2.28 bits per heavy atom. The molecule has 0 atom stereocenters. The SMILES string of the molecule is Nc1cc(C(=O)NCCC2=CCCC2)ccc1Cl. The van der Waals surface area contributed by atoms with Crippen molar-refractivity contribution in [1.29, 1.82) is 0 Å². The van der Waals surface area contributed by atoms with Crippen molar-refractivity contribution in [3.05, 3.63) is 40.4 Å². The maximum absolute atomic E-state index is 11.9. The van der Waals surface area contributed by atoms with Gasteiger partial charge in [-0.2, -0.15) is 0 Å². The summed E-state index contributed by atoms with van der Waals surface area (Å²) in [7, 11) is 0. The molecule has 0 aromatic heterocycles. The maximum Gasteiger partial charge on any atom is 0.251 e. The summed E-state index contributed by atoms with van der Waals surface area (Å²) in [5.74, 6) is -0.100. The predicted octanol–water partition coefficient (Wildman–Crippen LogP) is 3.15. The molecule has 3 N–H and O–H groups in total. The van der Waals surface area contributed by atoms with Crippen LogP contribution in [0.3, 0.4) is 0 Å². The molecule has 4 heteroatoms. The van der Waals surface area contributed by atoms with Crippen molar-refractivity contribution >= 4 is 23.2 Å². The van der Waals surface area contributed by atoms with Crippen LogP contribution in [0.1, 0.15) is 36.0 Å². The molecule has 0 fully saturated rings. The maximum atomic E-state index is 11.9. The van der Waals surface area contributed by atoms with Gasteiger partial charge in [0, 0.05) is 12.1 Å². The Labute approximate surface area is 112 Å². The molecule has 0 aliphatic heterocycles. The van der Waals surface area contributed by atoms with Gasteiger partial charge in [0.05, 0.1) is 10.7 Å². The highest BCUT2D eigenvalue weighted by atomic mass is 35.5. The molecular weight excluding hydrogens is 248 g/mol. The van der Waals surface area contributed by atoms with Crippen LogP contribution in [0.25, 0.3) is 0 Å².